The average molecular weight is 307 g/mol. The molecule has 0 aliphatic carbocycles. The third kappa shape index (κ3) is 1.80. The van der Waals surface area contributed by atoms with E-state index in [-0.39, 0.29) is 17.2 Å². The molecule has 0 saturated carbocycles. The third-order valence-electron chi connectivity index (χ3n) is 2.58. The Labute approximate surface area is 109 Å². The first-order valence-corrected chi connectivity index (χ1v) is 5.95. The Morgan fingerprint density at radius 2 is 1.89 bits per heavy atom. The molecule has 2 heterocycles. The number of fused-ring (bicyclic) bond motifs is 1. The minimum Gasteiger partial charge on any atom is -0.446 e. The molecule has 0 aliphatic rings. The number of aromatic nitrogens is 2. The number of rotatable bonds is 2. The van der Waals surface area contributed by atoms with Gasteiger partial charge in [0.15, 0.2) is 10.4 Å². The summed E-state index contributed by atoms with van der Waals surface area (Å²) in [4.78, 5) is 28.4. The molecule has 0 spiro atoms. The van der Waals surface area contributed by atoms with E-state index < -0.39 is 0 Å². The lowest BCUT2D eigenvalue weighted by atomic mass is 10.1. The molecule has 0 saturated heterocycles. The van der Waals surface area contributed by atoms with Crippen LogP contribution in [0.4, 0.5) is 0 Å². The Morgan fingerprint density at radius 1 is 1.11 bits per heavy atom. The van der Waals surface area contributed by atoms with Crippen LogP contribution in [-0.4, -0.2) is 15.8 Å². The summed E-state index contributed by atoms with van der Waals surface area (Å²) in [5.41, 5.74) is 1.42. The second kappa shape index (κ2) is 3.99. The molecule has 90 valence electrons. The van der Waals surface area contributed by atoms with Gasteiger partial charge < -0.3 is 14.4 Å². The lowest BCUT2D eigenvalue weighted by Gasteiger charge is -1.97. The molecule has 0 unspecified atom stereocenters. The molecule has 2 N–H and O–H groups in total. The van der Waals surface area contributed by atoms with Gasteiger partial charge in [0.1, 0.15) is 0 Å². The summed E-state index contributed by atoms with van der Waals surface area (Å²) in [6.45, 7) is 0. The van der Waals surface area contributed by atoms with E-state index in [0.717, 1.165) is 0 Å². The van der Waals surface area contributed by atoms with E-state index in [2.05, 4.69) is 25.9 Å². The zero-order valence-corrected chi connectivity index (χ0v) is 10.6. The Bertz CT molecular complexity index is 797. The van der Waals surface area contributed by atoms with Crippen LogP contribution in [0.2, 0.25) is 0 Å². The maximum atomic E-state index is 12.1. The van der Waals surface area contributed by atoms with Crippen molar-refractivity contribution in [1.29, 1.82) is 0 Å². The average Bonchev–Trinajstić information content (AvgIpc) is 2.92. The van der Waals surface area contributed by atoms with E-state index in [4.69, 9.17) is 4.42 Å². The molecule has 6 heteroatoms. The fourth-order valence-electron chi connectivity index (χ4n) is 1.75. The first-order valence-electron chi connectivity index (χ1n) is 5.15. The van der Waals surface area contributed by atoms with Gasteiger partial charge in [0.05, 0.1) is 11.0 Å². The molecule has 3 aromatic rings. The van der Waals surface area contributed by atoms with Crippen LogP contribution in [-0.2, 0) is 0 Å². The zero-order valence-electron chi connectivity index (χ0n) is 8.99. The number of carbonyl (C=O) groups excluding carboxylic acids is 1. The van der Waals surface area contributed by atoms with Gasteiger partial charge in [0.25, 0.3) is 0 Å². The maximum absolute atomic E-state index is 12.1. The van der Waals surface area contributed by atoms with E-state index in [1.165, 1.54) is 0 Å². The fraction of sp³-hybridized carbons (Fsp3) is 0. The number of furan rings is 1. The topological polar surface area (TPSA) is 78.9 Å². The highest BCUT2D eigenvalue weighted by Gasteiger charge is 2.14. The highest BCUT2D eigenvalue weighted by atomic mass is 79.9. The van der Waals surface area contributed by atoms with E-state index in [1.807, 2.05) is 0 Å². The van der Waals surface area contributed by atoms with Gasteiger partial charge in [-0.15, -0.1) is 0 Å². The molecule has 0 atom stereocenters. The van der Waals surface area contributed by atoms with Gasteiger partial charge in [0.2, 0.25) is 5.78 Å². The predicted octanol–water partition coefficient (Wildman–Crippen LogP) is 2.44. The van der Waals surface area contributed by atoms with Crippen molar-refractivity contribution in [2.24, 2.45) is 0 Å². The Morgan fingerprint density at radius 3 is 2.61 bits per heavy atom. The molecule has 0 fully saturated rings. The number of imidazole rings is 1. The number of carbonyl (C=O) groups is 1. The predicted molar refractivity (Wildman–Crippen MR) is 68.8 cm³/mol. The van der Waals surface area contributed by atoms with Crippen LogP contribution in [0.1, 0.15) is 16.1 Å². The zero-order chi connectivity index (χ0) is 12.7. The standard InChI is InChI=1S/C12H7BrN2O3/c13-10-4-3-9(18-10)11(16)6-1-2-7-8(5-6)15-12(17)14-7/h1-5H,(H2,14,15,17). The quantitative estimate of drug-likeness (QED) is 0.714. The van der Waals surface area contributed by atoms with Gasteiger partial charge >= 0.3 is 5.69 Å². The normalized spacial score (nSPS) is 10.9. The Kier molecular flexibility index (Phi) is 2.45. The molecular formula is C12H7BrN2O3. The minimum absolute atomic E-state index is 0.232. The Hall–Kier alpha value is -2.08. The number of hydrogen-bond donors (Lipinski definition) is 2. The van der Waals surface area contributed by atoms with Gasteiger partial charge in [0, 0.05) is 5.56 Å². The van der Waals surface area contributed by atoms with Crippen molar-refractivity contribution in [2.75, 3.05) is 0 Å². The third-order valence-corrected chi connectivity index (χ3v) is 3.00. The van der Waals surface area contributed by atoms with Gasteiger partial charge in [-0.2, -0.15) is 0 Å². The highest BCUT2D eigenvalue weighted by Crippen LogP contribution is 2.19. The number of aromatic amines is 2. The minimum atomic E-state index is -0.296. The molecule has 5 nitrogen and oxygen atoms in total. The summed E-state index contributed by atoms with van der Waals surface area (Å²) in [6.07, 6.45) is 0. The monoisotopic (exact) mass is 306 g/mol. The number of nitrogens with one attached hydrogen (secondary N) is 2. The van der Waals surface area contributed by atoms with E-state index >= 15 is 0 Å². The molecule has 0 aliphatic heterocycles. The molecule has 1 aromatic carbocycles. The largest absolute Gasteiger partial charge is 0.446 e. The van der Waals surface area contributed by atoms with Crippen molar-refractivity contribution in [3.8, 4) is 0 Å². The smallest absolute Gasteiger partial charge is 0.323 e. The maximum Gasteiger partial charge on any atom is 0.323 e. The second-order valence-electron chi connectivity index (χ2n) is 3.77. The van der Waals surface area contributed by atoms with Crippen LogP contribution in [0.25, 0.3) is 11.0 Å². The number of benzene rings is 1. The van der Waals surface area contributed by atoms with Crippen LogP contribution in [0.15, 0.2) is 44.2 Å². The van der Waals surface area contributed by atoms with Crippen LogP contribution < -0.4 is 5.69 Å². The van der Waals surface area contributed by atoms with Crippen LogP contribution >= 0.6 is 15.9 Å². The van der Waals surface area contributed by atoms with Crippen molar-refractivity contribution in [1.82, 2.24) is 9.97 Å². The number of halogens is 1. The van der Waals surface area contributed by atoms with Gasteiger partial charge in [-0.25, -0.2) is 4.79 Å². The lowest BCUT2D eigenvalue weighted by Crippen LogP contribution is -1.99. The molecule has 0 radical (unpaired) electrons. The van der Waals surface area contributed by atoms with Crippen molar-refractivity contribution >= 4 is 32.7 Å². The molecule has 0 amide bonds. The Balaban J connectivity index is 2.08. The summed E-state index contributed by atoms with van der Waals surface area (Å²) >= 11 is 3.14. The van der Waals surface area contributed by atoms with Crippen molar-refractivity contribution in [2.45, 2.75) is 0 Å². The summed E-state index contributed by atoms with van der Waals surface area (Å²) in [5.74, 6) is 0.0174. The fourth-order valence-corrected chi connectivity index (χ4v) is 2.06. The molecule has 0 bridgehead atoms. The SMILES string of the molecule is O=C(c1ccc2[nH]c(=O)[nH]c2c1)c1ccc(Br)o1. The van der Waals surface area contributed by atoms with Gasteiger partial charge in [-0.3, -0.25) is 4.79 Å². The van der Waals surface area contributed by atoms with E-state index in [9.17, 15) is 9.59 Å². The lowest BCUT2D eigenvalue weighted by molar-refractivity contribution is 0.101. The van der Waals surface area contributed by atoms with E-state index in [0.29, 0.717) is 21.3 Å². The van der Waals surface area contributed by atoms with Crippen molar-refractivity contribution in [3.63, 3.8) is 0 Å². The number of ketones is 1. The highest BCUT2D eigenvalue weighted by molar-refractivity contribution is 9.10. The van der Waals surface area contributed by atoms with Crippen LogP contribution in [0, 0.1) is 0 Å². The summed E-state index contributed by atoms with van der Waals surface area (Å²) in [7, 11) is 0. The van der Waals surface area contributed by atoms with Crippen molar-refractivity contribution in [3.05, 3.63) is 56.8 Å². The van der Waals surface area contributed by atoms with Crippen molar-refractivity contribution < 1.29 is 9.21 Å². The molecule has 18 heavy (non-hydrogen) atoms. The van der Waals surface area contributed by atoms with Gasteiger partial charge in [-0.1, -0.05) is 0 Å². The molecule has 2 aromatic heterocycles. The summed E-state index contributed by atoms with van der Waals surface area (Å²) in [5, 5.41) is 0. The molecular weight excluding hydrogens is 300 g/mol. The van der Waals surface area contributed by atoms with Crippen LogP contribution in [0.3, 0.4) is 0 Å². The summed E-state index contributed by atoms with van der Waals surface area (Å²) in [6, 6.07) is 8.19. The van der Waals surface area contributed by atoms with E-state index in [1.54, 1.807) is 30.3 Å². The first-order chi connectivity index (χ1) is 8.63. The molecule has 3 rings (SSSR count). The second-order valence-corrected chi connectivity index (χ2v) is 4.55. The van der Waals surface area contributed by atoms with Gasteiger partial charge in [-0.05, 0) is 46.3 Å². The first kappa shape index (κ1) is 11.0. The van der Waals surface area contributed by atoms with Crippen LogP contribution in [0.5, 0.6) is 0 Å². The number of H-pyrrole nitrogens is 2. The number of hydrogen-bond acceptors (Lipinski definition) is 3. The summed E-state index contributed by atoms with van der Waals surface area (Å²) < 4.78 is 5.71.